The second kappa shape index (κ2) is 5.33. The third kappa shape index (κ3) is 2.70. The number of benzene rings is 1. The summed E-state index contributed by atoms with van der Waals surface area (Å²) < 4.78 is 26.6. The summed E-state index contributed by atoms with van der Waals surface area (Å²) in [5.74, 6) is -1.26. The molecule has 1 aliphatic heterocycles. The lowest BCUT2D eigenvalue weighted by Crippen LogP contribution is -2.32. The van der Waals surface area contributed by atoms with Crippen LogP contribution in [0.25, 0.3) is 0 Å². The molecule has 3 atom stereocenters. The van der Waals surface area contributed by atoms with E-state index in [-0.39, 0.29) is 5.56 Å². The van der Waals surface area contributed by atoms with Crippen molar-refractivity contribution in [3.63, 3.8) is 0 Å². The van der Waals surface area contributed by atoms with Crippen LogP contribution in [0.2, 0.25) is 0 Å². The van der Waals surface area contributed by atoms with Crippen LogP contribution in [0.5, 0.6) is 0 Å². The van der Waals surface area contributed by atoms with Crippen molar-refractivity contribution in [3.05, 3.63) is 35.4 Å². The monoisotopic (exact) mass is 255 g/mol. The smallest absolute Gasteiger partial charge is 0.164 e. The van der Waals surface area contributed by atoms with E-state index in [2.05, 4.69) is 18.7 Å². The fourth-order valence-electron chi connectivity index (χ4n) is 2.74. The highest BCUT2D eigenvalue weighted by atomic mass is 19.2. The topological polar surface area (TPSA) is 23.5 Å². The van der Waals surface area contributed by atoms with Gasteiger partial charge in [0.1, 0.15) is 0 Å². The molecule has 0 aliphatic carbocycles. The Morgan fingerprint density at radius 3 is 2.72 bits per heavy atom. The van der Waals surface area contributed by atoms with Crippen LogP contribution in [0.15, 0.2) is 18.2 Å². The highest BCUT2D eigenvalue weighted by Gasteiger charge is 2.28. The van der Waals surface area contributed by atoms with Gasteiger partial charge in [0.2, 0.25) is 0 Å². The molecule has 0 saturated carbocycles. The molecule has 0 amide bonds. The van der Waals surface area contributed by atoms with Gasteiger partial charge in [0, 0.05) is 24.7 Å². The molecule has 0 radical (unpaired) electrons. The molecule has 1 aliphatic rings. The molecule has 1 aromatic rings. The molecular formula is C14H19F2NO. The van der Waals surface area contributed by atoms with Gasteiger partial charge in [-0.15, -0.1) is 0 Å². The van der Waals surface area contributed by atoms with Gasteiger partial charge in [-0.25, -0.2) is 8.78 Å². The number of aliphatic hydroxyl groups excluding tert-OH is 1. The zero-order valence-electron chi connectivity index (χ0n) is 10.7. The molecule has 2 nitrogen and oxygen atoms in total. The first-order valence-corrected chi connectivity index (χ1v) is 6.35. The van der Waals surface area contributed by atoms with E-state index in [1.807, 2.05) is 0 Å². The van der Waals surface area contributed by atoms with Crippen molar-refractivity contribution < 1.29 is 13.9 Å². The Morgan fingerprint density at radius 1 is 1.39 bits per heavy atom. The molecule has 4 heteroatoms. The number of halogens is 2. The first-order valence-electron chi connectivity index (χ1n) is 6.35. The SMILES string of the molecule is CC1CC(C)N(CC(O)c2cccc(F)c2F)C1. The van der Waals surface area contributed by atoms with Crippen LogP contribution < -0.4 is 0 Å². The third-order valence-corrected chi connectivity index (χ3v) is 3.66. The summed E-state index contributed by atoms with van der Waals surface area (Å²) >= 11 is 0. The number of hydrogen-bond donors (Lipinski definition) is 1. The van der Waals surface area contributed by atoms with Crippen LogP contribution in [0.1, 0.15) is 31.9 Å². The molecule has 1 fully saturated rings. The summed E-state index contributed by atoms with van der Waals surface area (Å²) in [7, 11) is 0. The molecule has 1 N–H and O–H groups in total. The van der Waals surface area contributed by atoms with Crippen LogP contribution >= 0.6 is 0 Å². The lowest BCUT2D eigenvalue weighted by atomic mass is 10.1. The van der Waals surface area contributed by atoms with E-state index in [0.717, 1.165) is 19.0 Å². The van der Waals surface area contributed by atoms with Gasteiger partial charge in [0.15, 0.2) is 11.6 Å². The van der Waals surface area contributed by atoms with Crippen molar-refractivity contribution >= 4 is 0 Å². The number of rotatable bonds is 3. The molecular weight excluding hydrogens is 236 g/mol. The van der Waals surface area contributed by atoms with Gasteiger partial charge in [-0.1, -0.05) is 19.1 Å². The summed E-state index contributed by atoms with van der Waals surface area (Å²) in [6, 6.07) is 4.30. The molecule has 1 heterocycles. The Labute approximate surface area is 106 Å². The Morgan fingerprint density at radius 2 is 2.11 bits per heavy atom. The van der Waals surface area contributed by atoms with Crippen molar-refractivity contribution in [3.8, 4) is 0 Å². The first-order chi connectivity index (χ1) is 8.49. The summed E-state index contributed by atoms with van der Waals surface area (Å²) in [5.41, 5.74) is 0.0433. The number of β-amino-alcohol motifs (C(OH)–C–C–N with tert-alkyl or cyclic N) is 1. The quantitative estimate of drug-likeness (QED) is 0.897. The van der Waals surface area contributed by atoms with E-state index in [1.54, 1.807) is 0 Å². The number of nitrogens with zero attached hydrogens (tertiary/aromatic N) is 1. The predicted molar refractivity (Wildman–Crippen MR) is 66.1 cm³/mol. The zero-order chi connectivity index (χ0) is 13.3. The third-order valence-electron chi connectivity index (χ3n) is 3.66. The summed E-state index contributed by atoms with van der Waals surface area (Å²) in [5, 5.41) is 10.0. The van der Waals surface area contributed by atoms with Gasteiger partial charge in [0.25, 0.3) is 0 Å². The van der Waals surface area contributed by atoms with Gasteiger partial charge in [-0.05, 0) is 25.3 Å². The van der Waals surface area contributed by atoms with E-state index < -0.39 is 17.7 Å². The molecule has 0 spiro atoms. The fraction of sp³-hybridized carbons (Fsp3) is 0.571. The van der Waals surface area contributed by atoms with E-state index in [0.29, 0.717) is 18.5 Å². The van der Waals surface area contributed by atoms with Crippen molar-refractivity contribution in [2.24, 2.45) is 5.92 Å². The molecule has 100 valence electrons. The number of likely N-dealkylation sites (tertiary alicyclic amines) is 1. The summed E-state index contributed by atoms with van der Waals surface area (Å²) in [6.07, 6.45) is 0.103. The summed E-state index contributed by atoms with van der Waals surface area (Å²) in [6.45, 7) is 5.50. The zero-order valence-corrected chi connectivity index (χ0v) is 10.7. The van der Waals surface area contributed by atoms with Crippen molar-refractivity contribution in [2.45, 2.75) is 32.4 Å². The fourth-order valence-corrected chi connectivity index (χ4v) is 2.74. The molecule has 0 aromatic heterocycles. The first kappa shape index (κ1) is 13.4. The van der Waals surface area contributed by atoms with Crippen LogP contribution in [0.3, 0.4) is 0 Å². The van der Waals surface area contributed by atoms with Crippen LogP contribution in [-0.4, -0.2) is 29.1 Å². The minimum atomic E-state index is -0.978. The van der Waals surface area contributed by atoms with Crippen LogP contribution in [0, 0.1) is 17.6 Å². The normalized spacial score (nSPS) is 26.5. The minimum absolute atomic E-state index is 0.0433. The maximum Gasteiger partial charge on any atom is 0.164 e. The van der Waals surface area contributed by atoms with Crippen LogP contribution in [-0.2, 0) is 0 Å². The predicted octanol–water partition coefficient (Wildman–Crippen LogP) is 2.73. The molecule has 1 saturated heterocycles. The van der Waals surface area contributed by atoms with E-state index >= 15 is 0 Å². The molecule has 18 heavy (non-hydrogen) atoms. The Bertz CT molecular complexity index is 424. The van der Waals surface area contributed by atoms with Crippen molar-refractivity contribution in [1.29, 1.82) is 0 Å². The van der Waals surface area contributed by atoms with Gasteiger partial charge in [-0.3, -0.25) is 4.90 Å². The highest BCUT2D eigenvalue weighted by Crippen LogP contribution is 2.26. The van der Waals surface area contributed by atoms with E-state index in [4.69, 9.17) is 0 Å². The van der Waals surface area contributed by atoms with Crippen molar-refractivity contribution in [2.75, 3.05) is 13.1 Å². The Kier molecular flexibility index (Phi) is 3.97. The van der Waals surface area contributed by atoms with Crippen molar-refractivity contribution in [1.82, 2.24) is 4.90 Å². The van der Waals surface area contributed by atoms with Crippen LogP contribution in [0.4, 0.5) is 8.78 Å². The largest absolute Gasteiger partial charge is 0.387 e. The molecule has 2 rings (SSSR count). The Hall–Kier alpha value is -1.00. The highest BCUT2D eigenvalue weighted by molar-refractivity contribution is 5.21. The molecule has 3 unspecified atom stereocenters. The maximum absolute atomic E-state index is 13.5. The number of hydrogen-bond acceptors (Lipinski definition) is 2. The Balaban J connectivity index is 2.08. The van der Waals surface area contributed by atoms with Gasteiger partial charge < -0.3 is 5.11 Å². The average Bonchev–Trinajstić information content (AvgIpc) is 2.61. The van der Waals surface area contributed by atoms with Gasteiger partial charge in [-0.2, -0.15) is 0 Å². The minimum Gasteiger partial charge on any atom is -0.387 e. The standard InChI is InChI=1S/C14H19F2NO/c1-9-6-10(2)17(7-9)8-13(18)11-4-3-5-12(15)14(11)16/h3-5,9-10,13,18H,6-8H2,1-2H3. The summed E-state index contributed by atoms with van der Waals surface area (Å²) in [4.78, 5) is 2.12. The van der Waals surface area contributed by atoms with E-state index in [1.165, 1.54) is 12.1 Å². The second-order valence-corrected chi connectivity index (χ2v) is 5.30. The van der Waals surface area contributed by atoms with Gasteiger partial charge in [0.05, 0.1) is 6.10 Å². The number of aliphatic hydroxyl groups is 1. The molecule has 0 bridgehead atoms. The molecule has 1 aromatic carbocycles. The second-order valence-electron chi connectivity index (χ2n) is 5.30. The lowest BCUT2D eigenvalue weighted by molar-refractivity contribution is 0.105. The average molecular weight is 255 g/mol. The maximum atomic E-state index is 13.5. The lowest BCUT2D eigenvalue weighted by Gasteiger charge is -2.24. The van der Waals surface area contributed by atoms with Gasteiger partial charge >= 0.3 is 0 Å². The van der Waals surface area contributed by atoms with E-state index in [9.17, 15) is 13.9 Å².